The summed E-state index contributed by atoms with van der Waals surface area (Å²) in [5.74, 6) is 1.57. The van der Waals surface area contributed by atoms with Gasteiger partial charge in [-0.2, -0.15) is 0 Å². The Morgan fingerprint density at radius 3 is 2.20 bits per heavy atom. The van der Waals surface area contributed by atoms with Gasteiger partial charge in [-0.3, -0.25) is 14.5 Å². The van der Waals surface area contributed by atoms with E-state index in [-0.39, 0.29) is 18.4 Å². The van der Waals surface area contributed by atoms with Crippen LogP contribution in [0.25, 0.3) is 0 Å². The van der Waals surface area contributed by atoms with Gasteiger partial charge in [-0.1, -0.05) is 19.9 Å². The summed E-state index contributed by atoms with van der Waals surface area (Å²) < 4.78 is 11.2. The lowest BCUT2D eigenvalue weighted by molar-refractivity contribution is -0.117. The summed E-state index contributed by atoms with van der Waals surface area (Å²) >= 11 is 0. The summed E-state index contributed by atoms with van der Waals surface area (Å²) in [6, 6.07) is 12.8. The Hall–Kier alpha value is -3.06. The molecule has 0 aliphatic heterocycles. The molecule has 0 fully saturated rings. The summed E-state index contributed by atoms with van der Waals surface area (Å²) in [4.78, 5) is 25.3. The fraction of sp³-hybridized carbons (Fsp3) is 0.391. The number of methoxy groups -OCH3 is 1. The Kier molecular flexibility index (Phi) is 8.68. The molecule has 162 valence electrons. The van der Waals surface area contributed by atoms with E-state index >= 15 is 0 Å². The van der Waals surface area contributed by atoms with Gasteiger partial charge in [0.05, 0.1) is 20.3 Å². The number of nitrogens with one attached hydrogen (secondary N) is 2. The van der Waals surface area contributed by atoms with Crippen molar-refractivity contribution in [3.05, 3.63) is 48.0 Å². The van der Waals surface area contributed by atoms with Crippen LogP contribution in [0.15, 0.2) is 42.5 Å². The fourth-order valence-corrected chi connectivity index (χ4v) is 2.84. The quantitative estimate of drug-likeness (QED) is 0.620. The normalized spacial score (nSPS) is 10.8. The SMILES string of the molecule is COc1ccc(CN(C)CC(=O)Nc2ccc(NC(C)=O)cc2)cc1OCC(C)C. The minimum absolute atomic E-state index is 0.116. The van der Waals surface area contributed by atoms with Crippen LogP contribution in [0.5, 0.6) is 11.5 Å². The number of amides is 2. The maximum absolute atomic E-state index is 12.4. The van der Waals surface area contributed by atoms with E-state index in [0.29, 0.717) is 41.9 Å². The van der Waals surface area contributed by atoms with Crippen molar-refractivity contribution in [2.24, 2.45) is 5.92 Å². The van der Waals surface area contributed by atoms with Crippen LogP contribution in [0, 0.1) is 5.92 Å². The van der Waals surface area contributed by atoms with Crippen molar-refractivity contribution in [1.29, 1.82) is 0 Å². The number of benzene rings is 2. The molecule has 2 N–H and O–H groups in total. The Balaban J connectivity index is 1.91. The number of anilines is 2. The zero-order valence-corrected chi connectivity index (χ0v) is 18.3. The van der Waals surface area contributed by atoms with Gasteiger partial charge in [0.15, 0.2) is 11.5 Å². The lowest BCUT2D eigenvalue weighted by Gasteiger charge is -2.18. The Bertz CT molecular complexity index is 850. The van der Waals surface area contributed by atoms with Gasteiger partial charge < -0.3 is 20.1 Å². The van der Waals surface area contributed by atoms with Crippen LogP contribution >= 0.6 is 0 Å². The molecule has 0 aliphatic rings. The molecule has 0 spiro atoms. The molecule has 7 nitrogen and oxygen atoms in total. The van der Waals surface area contributed by atoms with Crippen LogP contribution < -0.4 is 20.1 Å². The summed E-state index contributed by atoms with van der Waals surface area (Å²) in [6.45, 7) is 7.08. The van der Waals surface area contributed by atoms with E-state index in [0.717, 1.165) is 5.56 Å². The summed E-state index contributed by atoms with van der Waals surface area (Å²) in [7, 11) is 3.51. The van der Waals surface area contributed by atoms with E-state index in [1.807, 2.05) is 30.1 Å². The van der Waals surface area contributed by atoms with Gasteiger partial charge in [-0.15, -0.1) is 0 Å². The molecule has 2 rings (SSSR count). The maximum atomic E-state index is 12.4. The van der Waals surface area contributed by atoms with E-state index in [4.69, 9.17) is 9.47 Å². The van der Waals surface area contributed by atoms with Crippen molar-refractivity contribution in [3.8, 4) is 11.5 Å². The number of ether oxygens (including phenoxy) is 2. The van der Waals surface area contributed by atoms with Gasteiger partial charge in [0, 0.05) is 24.8 Å². The molecular weight excluding hydrogens is 382 g/mol. The fourth-order valence-electron chi connectivity index (χ4n) is 2.84. The molecule has 0 saturated heterocycles. The van der Waals surface area contributed by atoms with Crippen molar-refractivity contribution in [3.63, 3.8) is 0 Å². The van der Waals surface area contributed by atoms with Crippen LogP contribution in [-0.2, 0) is 16.1 Å². The second-order valence-corrected chi connectivity index (χ2v) is 7.67. The predicted molar refractivity (Wildman–Crippen MR) is 119 cm³/mol. The topological polar surface area (TPSA) is 79.9 Å². The zero-order chi connectivity index (χ0) is 22.1. The van der Waals surface area contributed by atoms with E-state index in [1.165, 1.54) is 6.92 Å². The molecule has 0 aromatic heterocycles. The first kappa shape index (κ1) is 23.2. The molecular formula is C23H31N3O4. The minimum Gasteiger partial charge on any atom is -0.493 e. The molecule has 0 radical (unpaired) electrons. The van der Waals surface area contributed by atoms with Crippen molar-refractivity contribution < 1.29 is 19.1 Å². The third-order valence-corrected chi connectivity index (χ3v) is 4.16. The Labute approximate surface area is 178 Å². The molecule has 0 unspecified atom stereocenters. The average Bonchev–Trinajstić information content (AvgIpc) is 2.67. The molecule has 30 heavy (non-hydrogen) atoms. The molecule has 0 heterocycles. The number of nitrogens with zero attached hydrogens (tertiary/aromatic N) is 1. The highest BCUT2D eigenvalue weighted by Crippen LogP contribution is 2.29. The van der Waals surface area contributed by atoms with Crippen molar-refractivity contribution >= 4 is 23.2 Å². The molecule has 0 atom stereocenters. The van der Waals surface area contributed by atoms with Gasteiger partial charge in [0.25, 0.3) is 0 Å². The van der Waals surface area contributed by atoms with Crippen LogP contribution in [-0.4, -0.2) is 44.0 Å². The van der Waals surface area contributed by atoms with Crippen LogP contribution in [0.1, 0.15) is 26.3 Å². The van der Waals surface area contributed by atoms with Crippen LogP contribution in [0.2, 0.25) is 0 Å². The second kappa shape index (κ2) is 11.2. The van der Waals surface area contributed by atoms with E-state index in [2.05, 4.69) is 24.5 Å². The number of carbonyl (C=O) groups excluding carboxylic acids is 2. The highest BCUT2D eigenvalue weighted by Gasteiger charge is 2.11. The molecule has 2 aromatic carbocycles. The number of likely N-dealkylation sites (N-methyl/N-ethyl adjacent to an activating group) is 1. The van der Waals surface area contributed by atoms with E-state index in [1.54, 1.807) is 31.4 Å². The molecule has 7 heteroatoms. The van der Waals surface area contributed by atoms with Crippen LogP contribution in [0.3, 0.4) is 0 Å². The molecule has 0 bridgehead atoms. The van der Waals surface area contributed by atoms with Gasteiger partial charge in [0.1, 0.15) is 0 Å². The van der Waals surface area contributed by atoms with Gasteiger partial charge in [-0.05, 0) is 54.9 Å². The highest BCUT2D eigenvalue weighted by atomic mass is 16.5. The molecule has 2 aromatic rings. The largest absolute Gasteiger partial charge is 0.493 e. The number of rotatable bonds is 10. The van der Waals surface area contributed by atoms with Crippen LogP contribution in [0.4, 0.5) is 11.4 Å². The minimum atomic E-state index is -0.135. The molecule has 2 amide bonds. The van der Waals surface area contributed by atoms with Crippen molar-refractivity contribution in [1.82, 2.24) is 4.90 Å². The van der Waals surface area contributed by atoms with E-state index in [9.17, 15) is 9.59 Å². The smallest absolute Gasteiger partial charge is 0.238 e. The first-order chi connectivity index (χ1) is 14.3. The first-order valence-corrected chi connectivity index (χ1v) is 9.92. The maximum Gasteiger partial charge on any atom is 0.238 e. The number of carbonyl (C=O) groups is 2. The summed E-state index contributed by atoms with van der Waals surface area (Å²) in [5, 5.41) is 5.56. The summed E-state index contributed by atoms with van der Waals surface area (Å²) in [6.07, 6.45) is 0. The van der Waals surface area contributed by atoms with Gasteiger partial charge >= 0.3 is 0 Å². The van der Waals surface area contributed by atoms with Gasteiger partial charge in [0.2, 0.25) is 11.8 Å². The Morgan fingerprint density at radius 2 is 1.63 bits per heavy atom. The van der Waals surface area contributed by atoms with Crippen molar-refractivity contribution in [2.45, 2.75) is 27.3 Å². The number of hydrogen-bond donors (Lipinski definition) is 2. The third kappa shape index (κ3) is 7.75. The standard InChI is InChI=1S/C23H31N3O4/c1-16(2)15-30-22-12-18(6-11-21(22)29-5)13-26(4)14-23(28)25-20-9-7-19(8-10-20)24-17(3)27/h6-12,16H,13-15H2,1-5H3,(H,24,27)(H,25,28). The lowest BCUT2D eigenvalue weighted by atomic mass is 10.2. The first-order valence-electron chi connectivity index (χ1n) is 9.92. The zero-order valence-electron chi connectivity index (χ0n) is 18.3. The average molecular weight is 414 g/mol. The van der Waals surface area contributed by atoms with E-state index < -0.39 is 0 Å². The monoisotopic (exact) mass is 413 g/mol. The predicted octanol–water partition coefficient (Wildman–Crippen LogP) is 3.76. The lowest BCUT2D eigenvalue weighted by Crippen LogP contribution is -2.29. The Morgan fingerprint density at radius 1 is 1.00 bits per heavy atom. The third-order valence-electron chi connectivity index (χ3n) is 4.16. The molecule has 0 aliphatic carbocycles. The molecule has 0 saturated carbocycles. The summed E-state index contributed by atoms with van der Waals surface area (Å²) in [5.41, 5.74) is 2.40. The second-order valence-electron chi connectivity index (χ2n) is 7.67. The van der Waals surface area contributed by atoms with Gasteiger partial charge in [-0.25, -0.2) is 0 Å². The number of hydrogen-bond acceptors (Lipinski definition) is 5. The highest BCUT2D eigenvalue weighted by molar-refractivity contribution is 5.93. The van der Waals surface area contributed by atoms with Crippen molar-refractivity contribution in [2.75, 3.05) is 37.9 Å².